The van der Waals surface area contributed by atoms with Crippen LogP contribution in [0.3, 0.4) is 0 Å². The Kier molecular flexibility index (Phi) is 4.02. The largest absolute Gasteiger partial charge is 0.303 e. The van der Waals surface area contributed by atoms with Gasteiger partial charge >= 0.3 is 0 Å². The molecule has 5 rings (SSSR count). The fourth-order valence-corrected chi connectivity index (χ4v) is 4.43. The predicted molar refractivity (Wildman–Crippen MR) is 109 cm³/mol. The van der Waals surface area contributed by atoms with Crippen molar-refractivity contribution >= 4 is 29.1 Å². The molecule has 2 fully saturated rings. The lowest BCUT2D eigenvalue weighted by Gasteiger charge is -2.29. The minimum Gasteiger partial charge on any atom is -0.303 e. The molecule has 0 aliphatic carbocycles. The molecular formula is C24H18N2O3. The summed E-state index contributed by atoms with van der Waals surface area (Å²) in [7, 11) is 0. The van der Waals surface area contributed by atoms with Crippen molar-refractivity contribution in [2.24, 2.45) is 11.8 Å². The summed E-state index contributed by atoms with van der Waals surface area (Å²) in [5, 5.41) is 0. The van der Waals surface area contributed by atoms with E-state index in [9.17, 15) is 14.4 Å². The molecule has 0 aromatic heterocycles. The molecule has 0 saturated carbocycles. The van der Waals surface area contributed by atoms with E-state index in [2.05, 4.69) is 0 Å². The Morgan fingerprint density at radius 3 is 1.66 bits per heavy atom. The molecule has 29 heavy (non-hydrogen) atoms. The topological polar surface area (TPSA) is 57.7 Å². The summed E-state index contributed by atoms with van der Waals surface area (Å²) >= 11 is 0. The van der Waals surface area contributed by atoms with E-state index in [1.54, 1.807) is 29.2 Å². The summed E-state index contributed by atoms with van der Waals surface area (Å²) in [5.41, 5.74) is 2.03. The van der Waals surface area contributed by atoms with Crippen LogP contribution in [0.15, 0.2) is 91.0 Å². The number of imide groups is 1. The lowest BCUT2D eigenvalue weighted by molar-refractivity contribution is -0.129. The normalized spacial score (nSPS) is 23.6. The zero-order chi connectivity index (χ0) is 20.0. The second kappa shape index (κ2) is 6.71. The second-order valence-corrected chi connectivity index (χ2v) is 7.25. The van der Waals surface area contributed by atoms with Crippen molar-refractivity contribution in [2.45, 2.75) is 6.04 Å². The number of benzene rings is 3. The van der Waals surface area contributed by atoms with Crippen LogP contribution >= 0.6 is 0 Å². The van der Waals surface area contributed by atoms with Crippen LogP contribution in [0.5, 0.6) is 0 Å². The first kappa shape index (κ1) is 17.4. The molecule has 0 N–H and O–H groups in total. The Labute approximate surface area is 168 Å². The van der Waals surface area contributed by atoms with Gasteiger partial charge in [0.25, 0.3) is 0 Å². The number of nitrogens with zero attached hydrogens (tertiary/aromatic N) is 2. The molecule has 0 bridgehead atoms. The fraction of sp³-hybridized carbons (Fsp3) is 0.125. The van der Waals surface area contributed by atoms with Gasteiger partial charge in [-0.1, -0.05) is 66.7 Å². The van der Waals surface area contributed by atoms with Crippen LogP contribution in [0, 0.1) is 11.8 Å². The molecule has 2 aliphatic heterocycles. The van der Waals surface area contributed by atoms with Crippen LogP contribution in [-0.4, -0.2) is 17.7 Å². The third-order valence-electron chi connectivity index (χ3n) is 5.66. The van der Waals surface area contributed by atoms with E-state index in [4.69, 9.17) is 0 Å². The molecule has 2 heterocycles. The number of amides is 3. The first-order valence-electron chi connectivity index (χ1n) is 9.54. The Balaban J connectivity index is 1.65. The fourth-order valence-electron chi connectivity index (χ4n) is 4.43. The number of anilines is 2. The molecule has 3 amide bonds. The molecule has 5 nitrogen and oxygen atoms in total. The van der Waals surface area contributed by atoms with E-state index >= 15 is 0 Å². The van der Waals surface area contributed by atoms with Crippen molar-refractivity contribution < 1.29 is 14.4 Å². The Morgan fingerprint density at radius 1 is 0.552 bits per heavy atom. The minimum absolute atomic E-state index is 0.327. The van der Waals surface area contributed by atoms with Gasteiger partial charge in [-0.2, -0.15) is 0 Å². The molecule has 3 atom stereocenters. The number of hydrogen-bond donors (Lipinski definition) is 0. The van der Waals surface area contributed by atoms with E-state index in [0.717, 1.165) is 5.56 Å². The van der Waals surface area contributed by atoms with Crippen molar-refractivity contribution in [3.8, 4) is 0 Å². The highest BCUT2D eigenvalue weighted by molar-refractivity contribution is 6.31. The van der Waals surface area contributed by atoms with Gasteiger partial charge in [0.15, 0.2) is 0 Å². The quantitative estimate of drug-likeness (QED) is 0.514. The monoisotopic (exact) mass is 382 g/mol. The van der Waals surface area contributed by atoms with E-state index in [-0.39, 0.29) is 11.8 Å². The van der Waals surface area contributed by atoms with Crippen LogP contribution in [0.1, 0.15) is 11.6 Å². The summed E-state index contributed by atoms with van der Waals surface area (Å²) in [4.78, 5) is 42.9. The van der Waals surface area contributed by atoms with Gasteiger partial charge in [0.05, 0.1) is 17.6 Å². The molecule has 3 aromatic carbocycles. The number of hydrogen-bond acceptors (Lipinski definition) is 3. The highest BCUT2D eigenvalue weighted by atomic mass is 16.2. The SMILES string of the molecule is O=C1[C@@H]2C(=O)N(c3ccccc3)[C@H](c3ccccc3)[C@@H]2C(=O)N1c1ccccc1. The molecule has 2 saturated heterocycles. The van der Waals surface area contributed by atoms with Crippen molar-refractivity contribution in [3.05, 3.63) is 96.6 Å². The molecule has 0 unspecified atom stereocenters. The number of fused-ring (bicyclic) bond motifs is 1. The van der Waals surface area contributed by atoms with Gasteiger partial charge < -0.3 is 4.90 Å². The number of carbonyl (C=O) groups excluding carboxylic acids is 3. The third-order valence-corrected chi connectivity index (χ3v) is 5.66. The van der Waals surface area contributed by atoms with Crippen LogP contribution in [-0.2, 0) is 14.4 Å². The Hall–Kier alpha value is -3.73. The van der Waals surface area contributed by atoms with E-state index in [0.29, 0.717) is 11.4 Å². The molecule has 0 radical (unpaired) electrons. The summed E-state index contributed by atoms with van der Waals surface area (Å²) in [6, 6.07) is 27.0. The number of carbonyl (C=O) groups is 3. The average molecular weight is 382 g/mol. The summed E-state index contributed by atoms with van der Waals surface area (Å²) in [6.07, 6.45) is 0. The van der Waals surface area contributed by atoms with Crippen LogP contribution < -0.4 is 9.80 Å². The van der Waals surface area contributed by atoms with Gasteiger partial charge in [-0.05, 0) is 29.8 Å². The van der Waals surface area contributed by atoms with Gasteiger partial charge in [-0.25, -0.2) is 4.90 Å². The van der Waals surface area contributed by atoms with Gasteiger partial charge in [-0.15, -0.1) is 0 Å². The maximum Gasteiger partial charge on any atom is 0.247 e. The van der Waals surface area contributed by atoms with Crippen molar-refractivity contribution in [3.63, 3.8) is 0 Å². The first-order valence-corrected chi connectivity index (χ1v) is 9.54. The van der Waals surface area contributed by atoms with Gasteiger partial charge in [-0.3, -0.25) is 14.4 Å². The molecule has 5 heteroatoms. The zero-order valence-corrected chi connectivity index (χ0v) is 15.5. The Morgan fingerprint density at radius 2 is 1.07 bits per heavy atom. The Bertz CT molecular complexity index is 1080. The van der Waals surface area contributed by atoms with Crippen molar-refractivity contribution in [1.82, 2.24) is 0 Å². The highest BCUT2D eigenvalue weighted by Crippen LogP contribution is 2.49. The molecule has 0 spiro atoms. The van der Waals surface area contributed by atoms with E-state index < -0.39 is 23.8 Å². The average Bonchev–Trinajstić information content (AvgIpc) is 3.22. The smallest absolute Gasteiger partial charge is 0.247 e. The zero-order valence-electron chi connectivity index (χ0n) is 15.5. The first-order chi connectivity index (χ1) is 14.2. The molecule has 3 aromatic rings. The third kappa shape index (κ3) is 2.58. The van der Waals surface area contributed by atoms with Gasteiger partial charge in [0.1, 0.15) is 5.92 Å². The van der Waals surface area contributed by atoms with Crippen LogP contribution in [0.25, 0.3) is 0 Å². The maximum atomic E-state index is 13.4. The van der Waals surface area contributed by atoms with E-state index in [1.807, 2.05) is 66.7 Å². The summed E-state index contributed by atoms with van der Waals surface area (Å²) < 4.78 is 0. The molecule has 142 valence electrons. The van der Waals surface area contributed by atoms with E-state index in [1.165, 1.54) is 4.90 Å². The minimum atomic E-state index is -1.01. The van der Waals surface area contributed by atoms with Gasteiger partial charge in [0, 0.05) is 5.69 Å². The second-order valence-electron chi connectivity index (χ2n) is 7.25. The molecular weight excluding hydrogens is 364 g/mol. The van der Waals surface area contributed by atoms with Gasteiger partial charge in [0.2, 0.25) is 17.7 Å². The number of para-hydroxylation sites is 2. The standard InChI is InChI=1S/C24H18N2O3/c27-22-19-20(24(29)26(22)18-14-8-3-9-15-18)23(28)25(17-12-6-2-7-13-17)21(19)16-10-4-1-5-11-16/h1-15,19-21H/t19-,20+,21-/m1/s1. The number of rotatable bonds is 3. The highest BCUT2D eigenvalue weighted by Gasteiger charge is 2.63. The van der Waals surface area contributed by atoms with Crippen molar-refractivity contribution in [2.75, 3.05) is 9.80 Å². The predicted octanol–water partition coefficient (Wildman–Crippen LogP) is 3.58. The lowest BCUT2D eigenvalue weighted by Crippen LogP contribution is -2.39. The molecule has 2 aliphatic rings. The van der Waals surface area contributed by atoms with Crippen LogP contribution in [0.4, 0.5) is 11.4 Å². The van der Waals surface area contributed by atoms with Crippen LogP contribution in [0.2, 0.25) is 0 Å². The van der Waals surface area contributed by atoms with Crippen molar-refractivity contribution in [1.29, 1.82) is 0 Å². The lowest BCUT2D eigenvalue weighted by atomic mass is 9.88. The summed E-state index contributed by atoms with van der Waals surface area (Å²) in [5.74, 6) is -2.86. The maximum absolute atomic E-state index is 13.4. The summed E-state index contributed by atoms with van der Waals surface area (Å²) in [6.45, 7) is 0.